The van der Waals surface area contributed by atoms with Crippen molar-refractivity contribution in [3.05, 3.63) is 59.2 Å². The van der Waals surface area contributed by atoms with E-state index in [1.54, 1.807) is 6.07 Å². The largest absolute Gasteiger partial charge is 0.507 e. The second kappa shape index (κ2) is 6.11. The summed E-state index contributed by atoms with van der Waals surface area (Å²) in [4.78, 5) is 12.2. The van der Waals surface area contributed by atoms with Gasteiger partial charge in [-0.05, 0) is 36.6 Å². The SMILES string of the molecule is COc1ccc(C(=O)NCC2(c3ccc(F)cc3F)CC2)c(O)c1. The normalized spacial score (nSPS) is 15.0. The highest BCUT2D eigenvalue weighted by atomic mass is 19.1. The number of phenolic OH excluding ortho intramolecular Hbond substituents is 1. The topological polar surface area (TPSA) is 58.6 Å². The van der Waals surface area contributed by atoms with Crippen molar-refractivity contribution in [2.45, 2.75) is 18.3 Å². The first-order valence-electron chi connectivity index (χ1n) is 7.56. The van der Waals surface area contributed by atoms with Gasteiger partial charge in [0.15, 0.2) is 0 Å². The van der Waals surface area contributed by atoms with Crippen LogP contribution < -0.4 is 10.1 Å². The van der Waals surface area contributed by atoms with Crippen molar-refractivity contribution in [3.63, 3.8) is 0 Å². The second-order valence-corrected chi connectivity index (χ2v) is 5.97. The molecule has 3 rings (SSSR count). The maximum absolute atomic E-state index is 14.0. The highest BCUT2D eigenvalue weighted by molar-refractivity contribution is 5.97. The van der Waals surface area contributed by atoms with Crippen molar-refractivity contribution < 1.29 is 23.4 Å². The van der Waals surface area contributed by atoms with Gasteiger partial charge in [0, 0.05) is 24.1 Å². The number of rotatable bonds is 5. The average Bonchev–Trinajstić information content (AvgIpc) is 3.33. The molecule has 0 atom stereocenters. The Labute approximate surface area is 138 Å². The number of methoxy groups -OCH3 is 1. The number of ether oxygens (including phenoxy) is 1. The molecule has 24 heavy (non-hydrogen) atoms. The highest BCUT2D eigenvalue weighted by Gasteiger charge is 2.46. The molecule has 1 saturated carbocycles. The van der Waals surface area contributed by atoms with Crippen LogP contribution in [0.25, 0.3) is 0 Å². The van der Waals surface area contributed by atoms with E-state index in [4.69, 9.17) is 4.74 Å². The molecule has 0 unspecified atom stereocenters. The van der Waals surface area contributed by atoms with Gasteiger partial charge in [-0.2, -0.15) is 0 Å². The lowest BCUT2D eigenvalue weighted by Crippen LogP contribution is -2.32. The van der Waals surface area contributed by atoms with Gasteiger partial charge >= 0.3 is 0 Å². The Morgan fingerprint density at radius 1 is 1.25 bits per heavy atom. The number of hydrogen-bond acceptors (Lipinski definition) is 3. The smallest absolute Gasteiger partial charge is 0.255 e. The van der Waals surface area contributed by atoms with Gasteiger partial charge in [-0.25, -0.2) is 8.78 Å². The summed E-state index contributed by atoms with van der Waals surface area (Å²) in [7, 11) is 1.46. The highest BCUT2D eigenvalue weighted by Crippen LogP contribution is 2.48. The molecule has 1 amide bonds. The first-order valence-corrected chi connectivity index (χ1v) is 7.56. The predicted octanol–water partition coefficient (Wildman–Crippen LogP) is 3.14. The molecule has 0 bridgehead atoms. The monoisotopic (exact) mass is 333 g/mol. The molecular weight excluding hydrogens is 316 g/mol. The van der Waals surface area contributed by atoms with Gasteiger partial charge in [0.25, 0.3) is 5.91 Å². The summed E-state index contributed by atoms with van der Waals surface area (Å²) in [6.45, 7) is 0.222. The maximum Gasteiger partial charge on any atom is 0.255 e. The van der Waals surface area contributed by atoms with E-state index >= 15 is 0 Å². The van der Waals surface area contributed by atoms with E-state index in [0.29, 0.717) is 24.2 Å². The van der Waals surface area contributed by atoms with E-state index in [9.17, 15) is 18.7 Å². The van der Waals surface area contributed by atoms with Crippen LogP contribution in [0.15, 0.2) is 36.4 Å². The van der Waals surface area contributed by atoms with Crippen LogP contribution in [-0.4, -0.2) is 24.7 Å². The molecule has 0 spiro atoms. The molecule has 0 aromatic heterocycles. The lowest BCUT2D eigenvalue weighted by Gasteiger charge is -2.18. The Balaban J connectivity index is 1.72. The van der Waals surface area contributed by atoms with E-state index in [1.807, 2.05) is 0 Å². The molecule has 0 radical (unpaired) electrons. The Morgan fingerprint density at radius 3 is 2.58 bits per heavy atom. The number of carbonyl (C=O) groups excluding carboxylic acids is 1. The quantitative estimate of drug-likeness (QED) is 0.884. The maximum atomic E-state index is 14.0. The second-order valence-electron chi connectivity index (χ2n) is 5.97. The van der Waals surface area contributed by atoms with E-state index in [2.05, 4.69) is 5.32 Å². The van der Waals surface area contributed by atoms with Crippen LogP contribution in [0.5, 0.6) is 11.5 Å². The van der Waals surface area contributed by atoms with Crippen LogP contribution in [0.2, 0.25) is 0 Å². The molecule has 2 aromatic carbocycles. The van der Waals surface area contributed by atoms with Gasteiger partial charge in [0.1, 0.15) is 23.1 Å². The molecular formula is C18H17F2NO3. The van der Waals surface area contributed by atoms with Crippen molar-refractivity contribution in [1.29, 1.82) is 0 Å². The van der Waals surface area contributed by atoms with Crippen LogP contribution in [0.3, 0.4) is 0 Å². The number of phenols is 1. The first kappa shape index (κ1) is 16.2. The zero-order valence-corrected chi connectivity index (χ0v) is 13.1. The van der Waals surface area contributed by atoms with Gasteiger partial charge in [0.05, 0.1) is 12.7 Å². The molecule has 0 heterocycles. The number of carbonyl (C=O) groups is 1. The van der Waals surface area contributed by atoms with E-state index in [1.165, 1.54) is 31.4 Å². The van der Waals surface area contributed by atoms with Crippen molar-refractivity contribution in [1.82, 2.24) is 5.32 Å². The summed E-state index contributed by atoms with van der Waals surface area (Å²) in [6, 6.07) is 7.88. The Morgan fingerprint density at radius 2 is 2.00 bits per heavy atom. The number of nitrogens with one attached hydrogen (secondary N) is 1. The number of aromatic hydroxyl groups is 1. The lowest BCUT2D eigenvalue weighted by atomic mass is 9.95. The Hall–Kier alpha value is -2.63. The third kappa shape index (κ3) is 3.04. The zero-order valence-electron chi connectivity index (χ0n) is 13.1. The van der Waals surface area contributed by atoms with Crippen LogP contribution in [0.4, 0.5) is 8.78 Å². The molecule has 2 N–H and O–H groups in total. The van der Waals surface area contributed by atoms with Gasteiger partial charge in [0.2, 0.25) is 0 Å². The summed E-state index contributed by atoms with van der Waals surface area (Å²) in [6.07, 6.45) is 1.43. The number of halogens is 2. The van der Waals surface area contributed by atoms with E-state index in [-0.39, 0.29) is 17.9 Å². The number of benzene rings is 2. The standard InChI is InChI=1S/C18H17F2NO3/c1-24-12-3-4-13(16(22)9-12)17(23)21-10-18(6-7-18)14-5-2-11(19)8-15(14)20/h2-5,8-9,22H,6-7,10H2,1H3,(H,21,23). The van der Waals surface area contributed by atoms with Gasteiger partial charge in [-0.3, -0.25) is 4.79 Å². The molecule has 1 fully saturated rings. The predicted molar refractivity (Wildman–Crippen MR) is 84.3 cm³/mol. The summed E-state index contributed by atoms with van der Waals surface area (Å²) in [5.41, 5.74) is 0.0181. The minimum absolute atomic E-state index is 0.117. The number of amides is 1. The van der Waals surface area contributed by atoms with Crippen molar-refractivity contribution in [2.24, 2.45) is 0 Å². The third-order valence-electron chi connectivity index (χ3n) is 4.39. The van der Waals surface area contributed by atoms with Crippen molar-refractivity contribution in [2.75, 3.05) is 13.7 Å². The Kier molecular flexibility index (Phi) is 4.13. The fraction of sp³-hybridized carbons (Fsp3) is 0.278. The molecule has 0 saturated heterocycles. The summed E-state index contributed by atoms with van der Waals surface area (Å²) in [5, 5.41) is 12.6. The minimum atomic E-state index is -0.626. The van der Waals surface area contributed by atoms with Gasteiger partial charge in [-0.1, -0.05) is 6.07 Å². The fourth-order valence-corrected chi connectivity index (χ4v) is 2.79. The van der Waals surface area contributed by atoms with Crippen LogP contribution in [-0.2, 0) is 5.41 Å². The summed E-state index contributed by atoms with van der Waals surface area (Å²) < 4.78 is 32.0. The molecule has 4 nitrogen and oxygen atoms in total. The Bertz CT molecular complexity index is 788. The van der Waals surface area contributed by atoms with Crippen molar-refractivity contribution in [3.8, 4) is 11.5 Å². The molecule has 0 aliphatic heterocycles. The fourth-order valence-electron chi connectivity index (χ4n) is 2.79. The third-order valence-corrected chi connectivity index (χ3v) is 4.39. The summed E-state index contributed by atoms with van der Waals surface area (Å²) >= 11 is 0. The average molecular weight is 333 g/mol. The molecule has 126 valence electrons. The lowest BCUT2D eigenvalue weighted by molar-refractivity contribution is 0.0946. The molecule has 1 aliphatic rings. The molecule has 1 aliphatic carbocycles. The van der Waals surface area contributed by atoms with Gasteiger partial charge < -0.3 is 15.2 Å². The first-order chi connectivity index (χ1) is 11.4. The number of hydrogen-bond donors (Lipinski definition) is 2. The van der Waals surface area contributed by atoms with Crippen LogP contribution >= 0.6 is 0 Å². The minimum Gasteiger partial charge on any atom is -0.507 e. The van der Waals surface area contributed by atoms with Crippen LogP contribution in [0.1, 0.15) is 28.8 Å². The molecule has 2 aromatic rings. The van der Waals surface area contributed by atoms with Crippen molar-refractivity contribution >= 4 is 5.91 Å². The summed E-state index contributed by atoms with van der Waals surface area (Å²) in [5.74, 6) is -1.43. The van der Waals surface area contributed by atoms with Gasteiger partial charge in [-0.15, -0.1) is 0 Å². The van der Waals surface area contributed by atoms with Crippen LogP contribution in [0, 0.1) is 11.6 Å². The van der Waals surface area contributed by atoms with E-state index < -0.39 is 23.0 Å². The zero-order chi connectivity index (χ0) is 17.3. The van der Waals surface area contributed by atoms with E-state index in [0.717, 1.165) is 6.07 Å². The molecule has 6 heteroatoms.